The third-order valence-electron chi connectivity index (χ3n) is 3.24. The van der Waals surface area contributed by atoms with Gasteiger partial charge in [-0.15, -0.1) is 0 Å². The Hall–Kier alpha value is -1.08. The first kappa shape index (κ1) is 9.47. The second-order valence-electron chi connectivity index (χ2n) is 4.40. The van der Waals surface area contributed by atoms with E-state index in [9.17, 15) is 4.79 Å². The van der Waals surface area contributed by atoms with Crippen molar-refractivity contribution in [1.82, 2.24) is 5.32 Å². The molecular weight excluding hydrogens is 178 g/mol. The molecule has 0 aromatic rings. The predicted molar refractivity (Wildman–Crippen MR) is 51.0 cm³/mol. The van der Waals surface area contributed by atoms with Gasteiger partial charge in [-0.25, -0.2) is 0 Å². The van der Waals surface area contributed by atoms with Crippen molar-refractivity contribution in [3.63, 3.8) is 0 Å². The molecule has 76 valence electrons. The molecule has 2 aliphatic rings. The van der Waals surface area contributed by atoms with Gasteiger partial charge >= 0.3 is 0 Å². The van der Waals surface area contributed by atoms with E-state index < -0.39 is 5.54 Å². The lowest BCUT2D eigenvalue weighted by atomic mass is 10.1. The van der Waals surface area contributed by atoms with Crippen molar-refractivity contribution >= 4 is 5.91 Å². The molecule has 0 radical (unpaired) electrons. The summed E-state index contributed by atoms with van der Waals surface area (Å²) < 4.78 is 0. The van der Waals surface area contributed by atoms with Crippen molar-refractivity contribution in [2.45, 2.75) is 43.7 Å². The van der Waals surface area contributed by atoms with Crippen molar-refractivity contribution in [3.8, 4) is 6.07 Å². The summed E-state index contributed by atoms with van der Waals surface area (Å²) in [6, 6.07) is 2.27. The van der Waals surface area contributed by atoms with Gasteiger partial charge in [-0.2, -0.15) is 5.26 Å². The average molecular weight is 193 g/mol. The number of nitrogens with two attached hydrogens (primary N) is 1. The summed E-state index contributed by atoms with van der Waals surface area (Å²) in [5.41, 5.74) is 5.15. The van der Waals surface area contributed by atoms with Crippen molar-refractivity contribution in [3.05, 3.63) is 0 Å². The lowest BCUT2D eigenvalue weighted by Gasteiger charge is -2.18. The van der Waals surface area contributed by atoms with Crippen molar-refractivity contribution in [2.75, 3.05) is 0 Å². The predicted octanol–water partition coefficient (Wildman–Crippen LogP) is 0.286. The van der Waals surface area contributed by atoms with Crippen LogP contribution in [0.25, 0.3) is 0 Å². The van der Waals surface area contributed by atoms with Crippen LogP contribution in [0.5, 0.6) is 0 Å². The van der Waals surface area contributed by atoms with Gasteiger partial charge in [0.25, 0.3) is 0 Å². The van der Waals surface area contributed by atoms with Crippen LogP contribution in [0.2, 0.25) is 0 Å². The minimum absolute atomic E-state index is 0.0127. The number of nitriles is 1. The molecule has 2 atom stereocenters. The molecule has 3 N–H and O–H groups in total. The Morgan fingerprint density at radius 3 is 2.79 bits per heavy atom. The molecule has 2 unspecified atom stereocenters. The highest BCUT2D eigenvalue weighted by Gasteiger charge is 2.47. The van der Waals surface area contributed by atoms with Crippen molar-refractivity contribution < 1.29 is 4.79 Å². The zero-order valence-corrected chi connectivity index (χ0v) is 8.12. The lowest BCUT2D eigenvalue weighted by molar-refractivity contribution is -0.124. The molecule has 0 aromatic carbocycles. The van der Waals surface area contributed by atoms with Gasteiger partial charge in [-0.1, -0.05) is 0 Å². The fraction of sp³-hybridized carbons (Fsp3) is 0.800. The van der Waals surface area contributed by atoms with E-state index in [4.69, 9.17) is 11.0 Å². The van der Waals surface area contributed by atoms with Crippen LogP contribution in [0.3, 0.4) is 0 Å². The molecule has 0 aliphatic heterocycles. The number of carbonyl (C=O) groups excluding carboxylic acids is 1. The zero-order chi connectivity index (χ0) is 10.2. The van der Waals surface area contributed by atoms with Crippen LogP contribution in [0.15, 0.2) is 0 Å². The van der Waals surface area contributed by atoms with Crippen LogP contribution < -0.4 is 11.1 Å². The maximum atomic E-state index is 11.6. The molecule has 1 amide bonds. The fourth-order valence-corrected chi connectivity index (χ4v) is 1.96. The molecule has 4 heteroatoms. The minimum Gasteiger partial charge on any atom is -0.350 e. The normalized spacial score (nSPS) is 33.4. The first-order chi connectivity index (χ1) is 6.65. The third kappa shape index (κ3) is 1.60. The molecule has 2 aliphatic carbocycles. The maximum Gasteiger partial charge on any atom is 0.240 e. The number of rotatable bonds is 2. The largest absolute Gasteiger partial charge is 0.350 e. The number of nitrogens with zero attached hydrogens (tertiary/aromatic N) is 1. The van der Waals surface area contributed by atoms with E-state index in [1.165, 1.54) is 0 Å². The van der Waals surface area contributed by atoms with Crippen molar-refractivity contribution in [2.24, 2.45) is 11.7 Å². The van der Waals surface area contributed by atoms with E-state index in [0.29, 0.717) is 0 Å². The van der Waals surface area contributed by atoms with Gasteiger partial charge in [0.2, 0.25) is 5.91 Å². The summed E-state index contributed by atoms with van der Waals surface area (Å²) in [4.78, 5) is 11.6. The first-order valence-corrected chi connectivity index (χ1v) is 5.15. The van der Waals surface area contributed by atoms with Gasteiger partial charge in [0, 0.05) is 6.04 Å². The van der Waals surface area contributed by atoms with E-state index in [2.05, 4.69) is 11.4 Å². The zero-order valence-electron chi connectivity index (χ0n) is 8.12. The first-order valence-electron chi connectivity index (χ1n) is 5.15. The number of hydrogen-bond donors (Lipinski definition) is 2. The molecule has 0 aromatic heterocycles. The Morgan fingerprint density at radius 2 is 2.21 bits per heavy atom. The Balaban J connectivity index is 1.91. The monoisotopic (exact) mass is 193 g/mol. The highest BCUT2D eigenvalue weighted by Crippen LogP contribution is 2.33. The molecular formula is C10H15N3O. The average Bonchev–Trinajstić information content (AvgIpc) is 2.78. The third-order valence-corrected chi connectivity index (χ3v) is 3.24. The van der Waals surface area contributed by atoms with Crippen LogP contribution in [0.1, 0.15) is 32.1 Å². The SMILES string of the molecule is N#CC1CCCC1NC(=O)C1(N)CC1. The van der Waals surface area contributed by atoms with Crippen LogP contribution in [0.4, 0.5) is 0 Å². The van der Waals surface area contributed by atoms with E-state index >= 15 is 0 Å². The maximum absolute atomic E-state index is 11.6. The summed E-state index contributed by atoms with van der Waals surface area (Å²) >= 11 is 0. The van der Waals surface area contributed by atoms with E-state index in [1.807, 2.05) is 0 Å². The summed E-state index contributed by atoms with van der Waals surface area (Å²) in [6.07, 6.45) is 4.41. The highest BCUT2D eigenvalue weighted by molar-refractivity contribution is 5.89. The summed E-state index contributed by atoms with van der Waals surface area (Å²) in [5, 5.41) is 11.7. The fourth-order valence-electron chi connectivity index (χ4n) is 1.96. The molecule has 4 nitrogen and oxygen atoms in total. The van der Waals surface area contributed by atoms with Crippen LogP contribution in [0, 0.1) is 17.2 Å². The molecule has 0 heterocycles. The second kappa shape index (κ2) is 3.25. The molecule has 2 saturated carbocycles. The van der Waals surface area contributed by atoms with E-state index in [0.717, 1.165) is 32.1 Å². The topological polar surface area (TPSA) is 78.9 Å². The van der Waals surface area contributed by atoms with E-state index in [-0.39, 0.29) is 17.9 Å². The second-order valence-corrected chi connectivity index (χ2v) is 4.40. The summed E-state index contributed by atoms with van der Waals surface area (Å²) in [7, 11) is 0. The smallest absolute Gasteiger partial charge is 0.240 e. The van der Waals surface area contributed by atoms with Gasteiger partial charge in [-0.05, 0) is 32.1 Å². The Morgan fingerprint density at radius 1 is 1.50 bits per heavy atom. The van der Waals surface area contributed by atoms with Gasteiger partial charge in [0.05, 0.1) is 17.5 Å². The molecule has 2 fully saturated rings. The van der Waals surface area contributed by atoms with Gasteiger partial charge in [-0.3, -0.25) is 4.79 Å². The summed E-state index contributed by atoms with van der Waals surface area (Å²) in [6.45, 7) is 0. The number of hydrogen-bond acceptors (Lipinski definition) is 3. The Bertz CT molecular complexity index is 290. The van der Waals surface area contributed by atoms with Gasteiger partial charge in [0.1, 0.15) is 0 Å². The minimum atomic E-state index is -0.609. The lowest BCUT2D eigenvalue weighted by Crippen LogP contribution is -2.48. The number of amides is 1. The standard InChI is InChI=1S/C10H15N3O/c11-6-7-2-1-3-8(7)13-9(14)10(12)4-5-10/h7-8H,1-5,12H2,(H,13,14). The van der Waals surface area contributed by atoms with Gasteiger partial charge in [0.15, 0.2) is 0 Å². The Labute approximate surface area is 83.5 Å². The molecule has 14 heavy (non-hydrogen) atoms. The van der Waals surface area contributed by atoms with Crippen LogP contribution >= 0.6 is 0 Å². The Kier molecular flexibility index (Phi) is 2.20. The van der Waals surface area contributed by atoms with E-state index in [1.54, 1.807) is 0 Å². The van der Waals surface area contributed by atoms with Gasteiger partial charge < -0.3 is 11.1 Å². The van der Waals surface area contributed by atoms with Crippen LogP contribution in [-0.2, 0) is 4.79 Å². The molecule has 0 saturated heterocycles. The van der Waals surface area contributed by atoms with Crippen molar-refractivity contribution in [1.29, 1.82) is 5.26 Å². The highest BCUT2D eigenvalue weighted by atomic mass is 16.2. The molecule has 0 bridgehead atoms. The number of carbonyl (C=O) groups is 1. The number of nitrogens with one attached hydrogen (secondary N) is 1. The summed E-state index contributed by atoms with van der Waals surface area (Å²) in [5.74, 6) is -0.0778. The quantitative estimate of drug-likeness (QED) is 0.661. The molecule has 2 rings (SSSR count). The van der Waals surface area contributed by atoms with Crippen LogP contribution in [-0.4, -0.2) is 17.5 Å². The molecule has 0 spiro atoms.